The molecule has 0 aliphatic carbocycles. The predicted molar refractivity (Wildman–Crippen MR) is 94.5 cm³/mol. The summed E-state index contributed by atoms with van der Waals surface area (Å²) in [6.07, 6.45) is 3.14. The lowest BCUT2D eigenvalue weighted by Crippen LogP contribution is -2.14. The van der Waals surface area contributed by atoms with E-state index in [4.69, 9.17) is 4.74 Å². The normalized spacial score (nSPS) is 10.5. The summed E-state index contributed by atoms with van der Waals surface area (Å²) in [6, 6.07) is 13.7. The second-order valence-electron chi connectivity index (χ2n) is 5.37. The van der Waals surface area contributed by atoms with Gasteiger partial charge in [0.15, 0.2) is 5.78 Å². The van der Waals surface area contributed by atoms with Crippen molar-refractivity contribution in [1.82, 2.24) is 4.90 Å². The van der Waals surface area contributed by atoms with Crippen LogP contribution in [0.15, 0.2) is 60.8 Å². The van der Waals surface area contributed by atoms with Crippen LogP contribution in [0.5, 0.6) is 5.75 Å². The number of carbonyl (C=O) groups is 2. The van der Waals surface area contributed by atoms with Crippen molar-refractivity contribution in [2.45, 2.75) is 0 Å². The number of para-hydroxylation sites is 1. The number of allylic oxidation sites excluding steroid dienone is 1. The van der Waals surface area contributed by atoms with Crippen molar-refractivity contribution < 1.29 is 14.3 Å². The first kappa shape index (κ1) is 17.3. The molecule has 5 nitrogen and oxygen atoms in total. The molecule has 0 saturated carbocycles. The molecule has 0 unspecified atom stereocenters. The van der Waals surface area contributed by atoms with Gasteiger partial charge < -0.3 is 15.0 Å². The topological polar surface area (TPSA) is 58.6 Å². The zero-order valence-corrected chi connectivity index (χ0v) is 13.9. The Morgan fingerprint density at radius 3 is 2.33 bits per heavy atom. The standard InChI is InChI=1S/C19H20N2O3/c1-21(2)13-12-18(22)16-6-4-5-7-17(16)20-19(23)14-8-10-15(24-3)11-9-14/h4-13H,1-3H3,(H,20,23)/b13-12+. The van der Waals surface area contributed by atoms with Crippen molar-refractivity contribution >= 4 is 17.4 Å². The molecule has 0 spiro atoms. The van der Waals surface area contributed by atoms with Gasteiger partial charge in [0.2, 0.25) is 0 Å². The third-order valence-corrected chi connectivity index (χ3v) is 3.32. The molecule has 0 bridgehead atoms. The number of hydrogen-bond acceptors (Lipinski definition) is 4. The highest BCUT2D eigenvalue weighted by atomic mass is 16.5. The highest BCUT2D eigenvalue weighted by Crippen LogP contribution is 2.18. The average Bonchev–Trinajstić information content (AvgIpc) is 2.60. The van der Waals surface area contributed by atoms with E-state index in [-0.39, 0.29) is 11.7 Å². The van der Waals surface area contributed by atoms with E-state index in [2.05, 4.69) is 5.32 Å². The fraction of sp³-hybridized carbons (Fsp3) is 0.158. The van der Waals surface area contributed by atoms with E-state index in [1.54, 1.807) is 66.7 Å². The number of rotatable bonds is 6. The number of nitrogens with one attached hydrogen (secondary N) is 1. The van der Waals surface area contributed by atoms with Crippen molar-refractivity contribution in [3.05, 3.63) is 71.9 Å². The van der Waals surface area contributed by atoms with Gasteiger partial charge >= 0.3 is 0 Å². The van der Waals surface area contributed by atoms with Crippen LogP contribution in [0.2, 0.25) is 0 Å². The van der Waals surface area contributed by atoms with Gasteiger partial charge in [-0.15, -0.1) is 0 Å². The molecule has 1 amide bonds. The average molecular weight is 324 g/mol. The van der Waals surface area contributed by atoms with Crippen LogP contribution in [-0.2, 0) is 0 Å². The molecule has 0 heterocycles. The maximum absolute atomic E-state index is 12.4. The van der Waals surface area contributed by atoms with Crippen LogP contribution in [0, 0.1) is 0 Å². The van der Waals surface area contributed by atoms with Crippen LogP contribution in [0.1, 0.15) is 20.7 Å². The highest BCUT2D eigenvalue weighted by Gasteiger charge is 2.12. The van der Waals surface area contributed by atoms with Crippen LogP contribution in [0.4, 0.5) is 5.69 Å². The largest absolute Gasteiger partial charge is 0.497 e. The minimum atomic E-state index is -0.283. The summed E-state index contributed by atoms with van der Waals surface area (Å²) in [5, 5.41) is 2.78. The van der Waals surface area contributed by atoms with Crippen LogP contribution in [-0.4, -0.2) is 37.8 Å². The van der Waals surface area contributed by atoms with E-state index in [0.29, 0.717) is 22.6 Å². The first-order chi connectivity index (χ1) is 11.5. The quantitative estimate of drug-likeness (QED) is 0.655. The first-order valence-electron chi connectivity index (χ1n) is 7.44. The maximum Gasteiger partial charge on any atom is 0.255 e. The summed E-state index contributed by atoms with van der Waals surface area (Å²) in [7, 11) is 5.24. The molecule has 0 atom stereocenters. The molecule has 124 valence electrons. The summed E-state index contributed by atoms with van der Waals surface area (Å²) in [5.41, 5.74) is 1.41. The van der Waals surface area contributed by atoms with Gasteiger partial charge in [-0.2, -0.15) is 0 Å². The lowest BCUT2D eigenvalue weighted by molar-refractivity contribution is 0.102. The molecule has 2 rings (SSSR count). The van der Waals surface area contributed by atoms with E-state index in [1.807, 2.05) is 14.1 Å². The Morgan fingerprint density at radius 2 is 1.71 bits per heavy atom. The van der Waals surface area contributed by atoms with E-state index in [0.717, 1.165) is 0 Å². The Morgan fingerprint density at radius 1 is 1.04 bits per heavy atom. The van der Waals surface area contributed by atoms with Crippen LogP contribution in [0.3, 0.4) is 0 Å². The minimum Gasteiger partial charge on any atom is -0.497 e. The van der Waals surface area contributed by atoms with Gasteiger partial charge in [-0.25, -0.2) is 0 Å². The van der Waals surface area contributed by atoms with Crippen LogP contribution < -0.4 is 10.1 Å². The lowest BCUT2D eigenvalue weighted by atomic mass is 10.1. The Balaban J connectivity index is 2.20. The fourth-order valence-electron chi connectivity index (χ4n) is 2.05. The van der Waals surface area contributed by atoms with E-state index in [1.165, 1.54) is 6.08 Å². The van der Waals surface area contributed by atoms with Gasteiger partial charge in [-0.1, -0.05) is 12.1 Å². The summed E-state index contributed by atoms with van der Waals surface area (Å²) < 4.78 is 5.08. The number of nitrogens with zero attached hydrogens (tertiary/aromatic N) is 1. The lowest BCUT2D eigenvalue weighted by Gasteiger charge is -2.10. The Bertz CT molecular complexity index is 749. The number of ether oxygens (including phenoxy) is 1. The molecule has 0 aliphatic heterocycles. The number of amides is 1. The molecular weight excluding hydrogens is 304 g/mol. The molecule has 2 aromatic rings. The van der Waals surface area contributed by atoms with Gasteiger partial charge in [0.1, 0.15) is 5.75 Å². The summed E-state index contributed by atoms with van der Waals surface area (Å²) >= 11 is 0. The van der Waals surface area contributed by atoms with Crippen LogP contribution in [0.25, 0.3) is 0 Å². The van der Waals surface area contributed by atoms with Crippen molar-refractivity contribution in [3.63, 3.8) is 0 Å². The molecule has 0 radical (unpaired) electrons. The van der Waals surface area contributed by atoms with Crippen molar-refractivity contribution in [1.29, 1.82) is 0 Å². The van der Waals surface area contributed by atoms with Crippen molar-refractivity contribution in [3.8, 4) is 5.75 Å². The van der Waals surface area contributed by atoms with E-state index >= 15 is 0 Å². The van der Waals surface area contributed by atoms with Crippen LogP contribution >= 0.6 is 0 Å². The zero-order valence-electron chi connectivity index (χ0n) is 13.9. The van der Waals surface area contributed by atoms with Gasteiger partial charge in [0.25, 0.3) is 5.91 Å². The number of hydrogen-bond donors (Lipinski definition) is 1. The summed E-state index contributed by atoms with van der Waals surface area (Å²) in [4.78, 5) is 26.4. The fourth-order valence-corrected chi connectivity index (χ4v) is 2.05. The molecule has 1 N–H and O–H groups in total. The third-order valence-electron chi connectivity index (χ3n) is 3.32. The van der Waals surface area contributed by atoms with Gasteiger partial charge in [-0.3, -0.25) is 9.59 Å². The van der Waals surface area contributed by atoms with E-state index in [9.17, 15) is 9.59 Å². The third kappa shape index (κ3) is 4.46. The number of ketones is 1. The molecule has 2 aromatic carbocycles. The Labute approximate surface area is 141 Å². The van der Waals surface area contributed by atoms with Crippen molar-refractivity contribution in [2.24, 2.45) is 0 Å². The predicted octanol–water partition coefficient (Wildman–Crippen LogP) is 3.21. The van der Waals surface area contributed by atoms with Gasteiger partial charge in [0, 0.05) is 37.5 Å². The van der Waals surface area contributed by atoms with Crippen molar-refractivity contribution in [2.75, 3.05) is 26.5 Å². The molecule has 24 heavy (non-hydrogen) atoms. The number of anilines is 1. The Kier molecular flexibility index (Phi) is 5.73. The first-order valence-corrected chi connectivity index (χ1v) is 7.44. The molecule has 0 aliphatic rings. The second kappa shape index (κ2) is 7.97. The van der Waals surface area contributed by atoms with Gasteiger partial charge in [-0.05, 0) is 36.4 Å². The SMILES string of the molecule is COc1ccc(C(=O)Nc2ccccc2C(=O)/C=C/N(C)C)cc1. The smallest absolute Gasteiger partial charge is 0.255 e. The molecule has 0 aromatic heterocycles. The molecule has 0 fully saturated rings. The summed E-state index contributed by atoms with van der Waals surface area (Å²) in [5.74, 6) is 0.222. The monoisotopic (exact) mass is 324 g/mol. The molecule has 5 heteroatoms. The molecular formula is C19H20N2O3. The number of carbonyl (C=O) groups excluding carboxylic acids is 2. The summed E-state index contributed by atoms with van der Waals surface area (Å²) in [6.45, 7) is 0. The minimum absolute atomic E-state index is 0.172. The number of methoxy groups -OCH3 is 1. The second-order valence-corrected chi connectivity index (χ2v) is 5.37. The Hall–Kier alpha value is -3.08. The zero-order chi connectivity index (χ0) is 17.5. The number of benzene rings is 2. The van der Waals surface area contributed by atoms with E-state index < -0.39 is 0 Å². The maximum atomic E-state index is 12.4. The molecule has 0 saturated heterocycles. The van der Waals surface area contributed by atoms with Gasteiger partial charge in [0.05, 0.1) is 12.8 Å². The highest BCUT2D eigenvalue weighted by molar-refractivity contribution is 6.12.